The van der Waals surface area contributed by atoms with E-state index in [0.29, 0.717) is 12.8 Å². The van der Waals surface area contributed by atoms with Crippen molar-refractivity contribution in [3.63, 3.8) is 0 Å². The second kappa shape index (κ2) is 16.2. The van der Waals surface area contributed by atoms with E-state index in [1.54, 1.807) is 20.8 Å². The topological polar surface area (TPSA) is 140 Å². The minimum absolute atomic E-state index is 0.127. The van der Waals surface area contributed by atoms with Gasteiger partial charge in [0.15, 0.2) is 13.6 Å². The Morgan fingerprint density at radius 2 is 1.18 bits per heavy atom. The van der Waals surface area contributed by atoms with E-state index in [-0.39, 0.29) is 18.6 Å². The molecule has 4 atom stereocenters. The highest BCUT2D eigenvalue weighted by Gasteiger charge is 2.36. The lowest BCUT2D eigenvalue weighted by Crippen LogP contribution is -2.59. The molecule has 45 heavy (non-hydrogen) atoms. The maximum Gasteiger partial charge on any atom is 0.407 e. The number of rotatable bonds is 13. The first-order valence-electron chi connectivity index (χ1n) is 15.5. The van der Waals surface area contributed by atoms with Crippen molar-refractivity contribution in [2.24, 2.45) is 0 Å². The number of aliphatic hydroxyl groups is 2. The van der Waals surface area contributed by atoms with E-state index < -0.39 is 55.6 Å². The molecule has 2 aromatic carbocycles. The van der Waals surface area contributed by atoms with Crippen LogP contribution in [0.15, 0.2) is 60.7 Å². The van der Waals surface area contributed by atoms with Crippen LogP contribution in [0.3, 0.4) is 0 Å². The number of nitrogens with zero attached hydrogens (tertiary/aromatic N) is 1. The van der Waals surface area contributed by atoms with Gasteiger partial charge in [0, 0.05) is 18.6 Å². The molecule has 0 aromatic heterocycles. The van der Waals surface area contributed by atoms with Crippen molar-refractivity contribution in [3.8, 4) is 0 Å². The van der Waals surface area contributed by atoms with Crippen molar-refractivity contribution in [3.05, 3.63) is 71.8 Å². The van der Waals surface area contributed by atoms with E-state index in [9.17, 15) is 24.6 Å². The van der Waals surface area contributed by atoms with Crippen LogP contribution >= 0.6 is 0 Å². The number of carbonyl (C=O) groups is 3. The van der Waals surface area contributed by atoms with Crippen LogP contribution in [0.25, 0.3) is 0 Å². The van der Waals surface area contributed by atoms with Crippen LogP contribution in [0.5, 0.6) is 0 Å². The van der Waals surface area contributed by atoms with Gasteiger partial charge in [-0.05, 0) is 65.5 Å². The molecule has 5 N–H and O–H groups in total. The van der Waals surface area contributed by atoms with E-state index in [4.69, 9.17) is 4.74 Å². The van der Waals surface area contributed by atoms with E-state index in [2.05, 4.69) is 16.0 Å². The Hall–Kier alpha value is -3.41. The molecule has 0 heterocycles. The molecule has 0 spiro atoms. The fourth-order valence-corrected chi connectivity index (χ4v) is 5.86. The summed E-state index contributed by atoms with van der Waals surface area (Å²) in [4.78, 5) is 40.9. The predicted octanol–water partition coefficient (Wildman–Crippen LogP) is 4.90. The van der Waals surface area contributed by atoms with Crippen LogP contribution in [0.1, 0.15) is 52.7 Å². The first kappa shape index (κ1) is 37.8. The maximum atomic E-state index is 13.8. The molecule has 0 saturated heterocycles. The highest BCUT2D eigenvalue weighted by molar-refractivity contribution is 7.03. The van der Waals surface area contributed by atoms with Crippen LogP contribution in [-0.2, 0) is 17.6 Å². The third kappa shape index (κ3) is 14.5. The van der Waals surface area contributed by atoms with Crippen LogP contribution < -0.4 is 16.0 Å². The molecule has 10 nitrogen and oxygen atoms in total. The Bertz CT molecular complexity index is 1140. The number of aliphatic hydroxyl groups excluding tert-OH is 2. The number of amides is 4. The number of hydrogen-bond acceptors (Lipinski definition) is 6. The average Bonchev–Trinajstić information content (AvgIpc) is 2.90. The smallest absolute Gasteiger partial charge is 0.407 e. The fourth-order valence-electron chi connectivity index (χ4n) is 4.73. The Morgan fingerprint density at radius 1 is 0.756 bits per heavy atom. The zero-order valence-corrected chi connectivity index (χ0v) is 29.4. The Morgan fingerprint density at radius 3 is 1.56 bits per heavy atom. The Labute approximate surface area is 269 Å². The van der Waals surface area contributed by atoms with Crippen molar-refractivity contribution in [2.45, 2.75) is 109 Å². The molecule has 2 aromatic rings. The normalized spacial score (nSPS) is 14.8. The van der Waals surface area contributed by atoms with Crippen molar-refractivity contribution in [1.29, 1.82) is 0 Å². The summed E-state index contributed by atoms with van der Waals surface area (Å²) in [6, 6.07) is 17.0. The van der Waals surface area contributed by atoms with E-state index in [1.807, 2.05) is 101 Å². The highest BCUT2D eigenvalue weighted by atomic mass is 28.3. The number of ether oxygens (including phenoxy) is 1. The Balaban J connectivity index is 2.36. The monoisotopic (exact) mass is 642 g/mol. The van der Waals surface area contributed by atoms with Gasteiger partial charge in [0.25, 0.3) is 0 Å². The zero-order chi connectivity index (χ0) is 34.0. The van der Waals surface area contributed by atoms with Gasteiger partial charge >= 0.3 is 12.1 Å². The van der Waals surface area contributed by atoms with Crippen molar-refractivity contribution in [2.75, 3.05) is 13.1 Å². The lowest BCUT2D eigenvalue weighted by molar-refractivity contribution is 0.0346. The fraction of sp³-hybridized carbons (Fsp3) is 0.559. The molecule has 4 amide bonds. The lowest BCUT2D eigenvalue weighted by Gasteiger charge is -2.36. The molecule has 0 fully saturated rings. The number of alkyl carbamates (subject to hydrolysis) is 1. The second-order valence-electron chi connectivity index (χ2n) is 14.7. The molecular formula is C34H54N4O6Si. The van der Waals surface area contributed by atoms with Gasteiger partial charge in [-0.25, -0.2) is 9.59 Å². The summed E-state index contributed by atoms with van der Waals surface area (Å²) in [5.41, 5.74) is 0.401. The molecular weight excluding hydrogens is 588 g/mol. The first-order chi connectivity index (χ1) is 20.7. The van der Waals surface area contributed by atoms with Gasteiger partial charge in [0.2, 0.25) is 0 Å². The maximum absolute atomic E-state index is 13.8. The summed E-state index contributed by atoms with van der Waals surface area (Å²) in [7, 11) is -2.45. The summed E-state index contributed by atoms with van der Waals surface area (Å²) < 4.78 is 5.47. The van der Waals surface area contributed by atoms with Gasteiger partial charge in [-0.3, -0.25) is 4.79 Å². The van der Waals surface area contributed by atoms with Crippen molar-refractivity contribution in [1.82, 2.24) is 20.9 Å². The first-order valence-corrected chi connectivity index (χ1v) is 19.0. The van der Waals surface area contributed by atoms with Gasteiger partial charge in [0.05, 0.1) is 24.3 Å². The van der Waals surface area contributed by atoms with E-state index in [0.717, 1.165) is 11.1 Å². The van der Waals surface area contributed by atoms with Gasteiger partial charge in [-0.2, -0.15) is 0 Å². The molecule has 0 unspecified atom stereocenters. The van der Waals surface area contributed by atoms with Crippen LogP contribution in [0, 0.1) is 0 Å². The summed E-state index contributed by atoms with van der Waals surface area (Å²) in [5, 5.41) is 31.7. The third-order valence-corrected chi connectivity index (χ3v) is 8.38. The quantitative estimate of drug-likeness (QED) is 0.197. The number of carbonyl (C=O) groups excluding carboxylic acids is 3. The molecule has 0 aliphatic carbocycles. The molecule has 0 saturated carbocycles. The second-order valence-corrected chi connectivity index (χ2v) is 19.6. The number of urea groups is 1. The molecule has 0 bridgehead atoms. The Kier molecular flexibility index (Phi) is 13.6. The molecule has 2 rings (SSSR count). The molecule has 250 valence electrons. The minimum atomic E-state index is -2.45. The number of benzene rings is 2. The average molecular weight is 643 g/mol. The molecule has 11 heteroatoms. The zero-order valence-electron chi connectivity index (χ0n) is 28.4. The lowest BCUT2D eigenvalue weighted by atomic mass is 9.99. The largest absolute Gasteiger partial charge is 0.444 e. The van der Waals surface area contributed by atoms with Crippen LogP contribution in [0.2, 0.25) is 19.6 Å². The van der Waals surface area contributed by atoms with Gasteiger partial charge in [-0.15, -0.1) is 0 Å². The molecule has 0 aliphatic heterocycles. The standard InChI is InChI=1S/C34H54N4O6Si/c1-33(2,3)37-30(41)35-26(20-24-16-12-10-13-17-24)28(39)22-38(32(43)45(7,8)9)23-29(40)27(21-25-18-14-11-15-19-25)36-31(42)44-34(4,5)6/h10-19,26-29,39-40H,20-23H2,1-9H3,(H,36,42)(H2,35,37,41)/t26-,27-,28+,29+/m0/s1. The SMILES string of the molecule is CC(C)(C)NC(=O)N[C@@H](Cc1ccccc1)[C@H](O)CN(C[C@@H](O)[C@H](Cc1ccccc1)NC(=O)OC(C)(C)C)C(=O)[Si](C)(C)C. The van der Waals surface area contributed by atoms with Crippen LogP contribution in [0.4, 0.5) is 14.4 Å². The van der Waals surface area contributed by atoms with Crippen LogP contribution in [-0.4, -0.2) is 89.4 Å². The summed E-state index contributed by atoms with van der Waals surface area (Å²) >= 11 is 0. The van der Waals surface area contributed by atoms with Gasteiger partial charge < -0.3 is 35.8 Å². The summed E-state index contributed by atoms with van der Waals surface area (Å²) in [6.07, 6.45) is -2.40. The highest BCUT2D eigenvalue weighted by Crippen LogP contribution is 2.16. The van der Waals surface area contributed by atoms with E-state index in [1.165, 1.54) is 4.90 Å². The minimum Gasteiger partial charge on any atom is -0.444 e. The van der Waals surface area contributed by atoms with Gasteiger partial charge in [-0.1, -0.05) is 80.3 Å². The summed E-state index contributed by atoms with van der Waals surface area (Å²) in [5.74, 6) is 0. The number of nitrogens with one attached hydrogen (secondary N) is 3. The van der Waals surface area contributed by atoms with Crippen molar-refractivity contribution < 1.29 is 29.3 Å². The third-order valence-electron chi connectivity index (χ3n) is 6.78. The van der Waals surface area contributed by atoms with Gasteiger partial charge in [0.1, 0.15) is 5.60 Å². The summed E-state index contributed by atoms with van der Waals surface area (Å²) in [6.45, 7) is 16.3. The number of hydrogen-bond donors (Lipinski definition) is 5. The molecule has 0 aliphatic rings. The predicted molar refractivity (Wildman–Crippen MR) is 181 cm³/mol. The van der Waals surface area contributed by atoms with E-state index >= 15 is 0 Å². The molecule has 0 radical (unpaired) electrons. The van der Waals surface area contributed by atoms with Crippen molar-refractivity contribution >= 4 is 25.7 Å².